The van der Waals surface area contributed by atoms with E-state index in [1.54, 1.807) is 18.3 Å². The van der Waals surface area contributed by atoms with Crippen molar-refractivity contribution in [3.63, 3.8) is 0 Å². The van der Waals surface area contributed by atoms with Gasteiger partial charge in [-0.05, 0) is 55.1 Å². The maximum absolute atomic E-state index is 13.5. The van der Waals surface area contributed by atoms with Crippen molar-refractivity contribution >= 4 is 17.2 Å². The van der Waals surface area contributed by atoms with Crippen LogP contribution in [0.4, 0.5) is 4.39 Å². The van der Waals surface area contributed by atoms with Crippen molar-refractivity contribution in [1.82, 2.24) is 14.8 Å². The van der Waals surface area contributed by atoms with Crippen molar-refractivity contribution in [3.8, 4) is 0 Å². The van der Waals surface area contributed by atoms with Gasteiger partial charge in [0.15, 0.2) is 0 Å². The van der Waals surface area contributed by atoms with Gasteiger partial charge in [0, 0.05) is 55.2 Å². The van der Waals surface area contributed by atoms with Gasteiger partial charge >= 0.3 is 0 Å². The normalized spacial score (nSPS) is 16.4. The summed E-state index contributed by atoms with van der Waals surface area (Å²) in [5, 5.41) is 1.00. The molecule has 3 rings (SSSR count). The Balaban J connectivity index is 1.47. The molecule has 0 saturated carbocycles. The molecule has 6 heteroatoms. The highest BCUT2D eigenvalue weighted by Gasteiger charge is 2.19. The number of nitrogens with zero attached hydrogens (tertiary/aromatic N) is 3. The van der Waals surface area contributed by atoms with Gasteiger partial charge in [0.25, 0.3) is 0 Å². The van der Waals surface area contributed by atoms with E-state index in [4.69, 9.17) is 5.73 Å². The molecule has 1 aliphatic rings. The number of nitrogens with one attached hydrogen (secondary N) is 1. The third kappa shape index (κ3) is 4.81. The van der Waals surface area contributed by atoms with Gasteiger partial charge in [0.05, 0.1) is 6.34 Å². The fourth-order valence-corrected chi connectivity index (χ4v) is 3.80. The lowest BCUT2D eigenvalue weighted by Crippen LogP contribution is -2.46. The monoisotopic (exact) mass is 383 g/mol. The molecule has 1 aliphatic heterocycles. The summed E-state index contributed by atoms with van der Waals surface area (Å²) in [5.74, 6) is -0.178. The van der Waals surface area contributed by atoms with Gasteiger partial charge in [0.2, 0.25) is 0 Å². The summed E-state index contributed by atoms with van der Waals surface area (Å²) in [7, 11) is 0. The smallest absolute Gasteiger partial charge is 0.123 e. The van der Waals surface area contributed by atoms with E-state index < -0.39 is 0 Å². The van der Waals surface area contributed by atoms with E-state index in [0.717, 1.165) is 74.2 Å². The molecule has 0 unspecified atom stereocenters. The molecule has 3 N–H and O–H groups in total. The third-order valence-electron chi connectivity index (χ3n) is 5.47. The first-order valence-electron chi connectivity index (χ1n) is 9.97. The third-order valence-corrected chi connectivity index (χ3v) is 5.47. The number of hydrogen-bond donors (Lipinski definition) is 2. The van der Waals surface area contributed by atoms with Crippen LogP contribution in [-0.4, -0.2) is 53.8 Å². The molecule has 1 aromatic carbocycles. The number of allylic oxidation sites excluding steroid dienone is 1. The summed E-state index contributed by atoms with van der Waals surface area (Å²) in [6, 6.07) is 4.93. The van der Waals surface area contributed by atoms with Crippen LogP contribution < -0.4 is 5.73 Å². The molecule has 2 aromatic rings. The molecule has 0 amide bonds. The predicted octanol–water partition coefficient (Wildman–Crippen LogP) is 3.65. The Morgan fingerprint density at radius 2 is 2.11 bits per heavy atom. The SMILES string of the molecule is C=C(/C(=C\N=C/N)CC)N1CCN(CCCc2c[nH]c3ccc(F)cc23)CC1. The summed E-state index contributed by atoms with van der Waals surface area (Å²) < 4.78 is 13.5. The van der Waals surface area contributed by atoms with Crippen LogP contribution in [0.3, 0.4) is 0 Å². The van der Waals surface area contributed by atoms with Crippen molar-refractivity contribution in [2.75, 3.05) is 32.7 Å². The summed E-state index contributed by atoms with van der Waals surface area (Å²) in [5.41, 5.74) is 9.71. The topological polar surface area (TPSA) is 60.6 Å². The maximum Gasteiger partial charge on any atom is 0.123 e. The summed E-state index contributed by atoms with van der Waals surface area (Å²) >= 11 is 0. The molecule has 0 radical (unpaired) electrons. The molecule has 0 bridgehead atoms. The van der Waals surface area contributed by atoms with E-state index in [2.05, 4.69) is 33.3 Å². The number of nitrogens with two attached hydrogens (primary N) is 1. The second kappa shape index (κ2) is 9.55. The zero-order valence-corrected chi connectivity index (χ0v) is 16.6. The second-order valence-corrected chi connectivity index (χ2v) is 7.19. The Morgan fingerprint density at radius 1 is 1.32 bits per heavy atom. The van der Waals surface area contributed by atoms with Crippen LogP contribution >= 0.6 is 0 Å². The molecular weight excluding hydrogens is 353 g/mol. The van der Waals surface area contributed by atoms with E-state index in [0.29, 0.717) is 0 Å². The van der Waals surface area contributed by atoms with Gasteiger partial charge in [-0.1, -0.05) is 13.5 Å². The molecule has 0 aliphatic carbocycles. The highest BCUT2D eigenvalue weighted by molar-refractivity contribution is 5.83. The number of hydrogen-bond acceptors (Lipinski definition) is 3. The van der Waals surface area contributed by atoms with Crippen LogP contribution in [0.2, 0.25) is 0 Å². The van der Waals surface area contributed by atoms with Crippen molar-refractivity contribution in [3.05, 3.63) is 59.8 Å². The lowest BCUT2D eigenvalue weighted by Gasteiger charge is -2.37. The number of halogens is 1. The van der Waals surface area contributed by atoms with Gasteiger partial charge in [-0.3, -0.25) is 4.90 Å². The molecule has 28 heavy (non-hydrogen) atoms. The second-order valence-electron chi connectivity index (χ2n) is 7.19. The van der Waals surface area contributed by atoms with Crippen LogP contribution in [0.15, 0.2) is 53.4 Å². The van der Waals surface area contributed by atoms with Gasteiger partial charge in [0.1, 0.15) is 5.82 Å². The lowest BCUT2D eigenvalue weighted by atomic mass is 10.1. The molecule has 0 spiro atoms. The zero-order chi connectivity index (χ0) is 19.9. The van der Waals surface area contributed by atoms with Crippen molar-refractivity contribution in [1.29, 1.82) is 0 Å². The largest absolute Gasteiger partial charge is 0.390 e. The number of fused-ring (bicyclic) bond motifs is 1. The van der Waals surface area contributed by atoms with Crippen LogP contribution in [0, 0.1) is 5.82 Å². The van der Waals surface area contributed by atoms with Crippen molar-refractivity contribution in [2.45, 2.75) is 26.2 Å². The average molecular weight is 384 g/mol. The minimum absolute atomic E-state index is 0.178. The Bertz CT molecular complexity index is 859. The highest BCUT2D eigenvalue weighted by atomic mass is 19.1. The standard InChI is InChI=1S/C22H30FN5/c1-3-18(14-25-16-24)17(2)28-11-9-27(10-12-28)8-4-5-19-15-26-22-7-6-20(23)13-21(19)22/h6-7,13-16,26H,2-5,8-12H2,1H3,(H2,24,25)/b18-14-. The van der Waals surface area contributed by atoms with E-state index in [1.165, 1.54) is 18.0 Å². The highest BCUT2D eigenvalue weighted by Crippen LogP contribution is 2.22. The minimum Gasteiger partial charge on any atom is -0.390 e. The van der Waals surface area contributed by atoms with E-state index in [1.807, 2.05) is 6.20 Å². The number of rotatable bonds is 8. The molecule has 1 saturated heterocycles. The molecule has 1 fully saturated rings. The molecular formula is C22H30FN5. The molecule has 5 nitrogen and oxygen atoms in total. The summed E-state index contributed by atoms with van der Waals surface area (Å²) in [6.45, 7) is 11.4. The Labute approximate surface area is 166 Å². The number of aryl methyl sites for hydroxylation is 1. The van der Waals surface area contributed by atoms with Crippen LogP contribution in [-0.2, 0) is 6.42 Å². The zero-order valence-electron chi connectivity index (χ0n) is 16.6. The van der Waals surface area contributed by atoms with Crippen LogP contribution in [0.25, 0.3) is 10.9 Å². The van der Waals surface area contributed by atoms with E-state index >= 15 is 0 Å². The van der Waals surface area contributed by atoms with Crippen molar-refractivity contribution in [2.24, 2.45) is 10.7 Å². The molecule has 150 valence electrons. The maximum atomic E-state index is 13.5. The quantitative estimate of drug-likeness (QED) is 0.416. The molecule has 1 aromatic heterocycles. The van der Waals surface area contributed by atoms with Gasteiger partial charge < -0.3 is 15.6 Å². The Kier molecular flexibility index (Phi) is 6.87. The summed E-state index contributed by atoms with van der Waals surface area (Å²) in [6.07, 6.45) is 8.03. The Morgan fingerprint density at radius 3 is 2.82 bits per heavy atom. The number of aromatic amines is 1. The van der Waals surface area contributed by atoms with E-state index in [-0.39, 0.29) is 5.82 Å². The molecule has 2 heterocycles. The van der Waals surface area contributed by atoms with E-state index in [9.17, 15) is 4.39 Å². The predicted molar refractivity (Wildman–Crippen MR) is 115 cm³/mol. The number of H-pyrrole nitrogens is 1. The first kappa shape index (κ1) is 20.1. The first-order chi connectivity index (χ1) is 13.6. The van der Waals surface area contributed by atoms with Gasteiger partial charge in [-0.15, -0.1) is 0 Å². The Hall–Kier alpha value is -2.60. The number of piperazine rings is 1. The summed E-state index contributed by atoms with van der Waals surface area (Å²) in [4.78, 5) is 12.1. The fraction of sp³-hybridized carbons (Fsp3) is 0.409. The van der Waals surface area contributed by atoms with Crippen LogP contribution in [0.1, 0.15) is 25.3 Å². The fourth-order valence-electron chi connectivity index (χ4n) is 3.80. The molecule has 0 atom stereocenters. The average Bonchev–Trinajstić information content (AvgIpc) is 3.11. The van der Waals surface area contributed by atoms with Gasteiger partial charge in [-0.25, -0.2) is 9.38 Å². The first-order valence-corrected chi connectivity index (χ1v) is 9.97. The van der Waals surface area contributed by atoms with Crippen LogP contribution in [0.5, 0.6) is 0 Å². The number of aromatic nitrogens is 1. The lowest BCUT2D eigenvalue weighted by molar-refractivity contribution is 0.159. The van der Waals surface area contributed by atoms with Gasteiger partial charge in [-0.2, -0.15) is 0 Å². The number of benzene rings is 1. The van der Waals surface area contributed by atoms with Crippen molar-refractivity contribution < 1.29 is 4.39 Å². The minimum atomic E-state index is -0.178. The number of aliphatic imine (C=N–C) groups is 1.